The third-order valence-electron chi connectivity index (χ3n) is 3.26. The number of likely N-dealkylation sites (tertiary alicyclic amines) is 1. The van der Waals surface area contributed by atoms with E-state index in [0.29, 0.717) is 18.5 Å². The van der Waals surface area contributed by atoms with Gasteiger partial charge in [0.1, 0.15) is 6.04 Å². The van der Waals surface area contributed by atoms with E-state index in [1.54, 1.807) is 18.7 Å². The summed E-state index contributed by atoms with van der Waals surface area (Å²) >= 11 is 0. The normalized spacial score (nSPS) is 19.6. The molecule has 1 aromatic heterocycles. The zero-order valence-corrected chi connectivity index (χ0v) is 9.88. The van der Waals surface area contributed by atoms with E-state index in [1.165, 1.54) is 11.1 Å². The zero-order valence-electron chi connectivity index (χ0n) is 9.88. The van der Waals surface area contributed by atoms with Crippen molar-refractivity contribution < 1.29 is 14.7 Å². The Morgan fingerprint density at radius 1 is 1.53 bits per heavy atom. The van der Waals surface area contributed by atoms with Crippen molar-refractivity contribution in [1.82, 2.24) is 14.7 Å². The molecule has 6 nitrogen and oxygen atoms in total. The van der Waals surface area contributed by atoms with Crippen molar-refractivity contribution in [2.24, 2.45) is 7.05 Å². The van der Waals surface area contributed by atoms with Crippen LogP contribution in [0.15, 0.2) is 6.20 Å². The number of hydrogen-bond donors (Lipinski definition) is 1. The minimum Gasteiger partial charge on any atom is -0.480 e. The highest BCUT2D eigenvalue weighted by atomic mass is 16.4. The number of nitrogens with zero attached hydrogens (tertiary/aromatic N) is 3. The van der Waals surface area contributed by atoms with Crippen LogP contribution >= 0.6 is 0 Å². The second-order valence-electron chi connectivity index (χ2n) is 4.26. The van der Waals surface area contributed by atoms with Gasteiger partial charge >= 0.3 is 5.97 Å². The topological polar surface area (TPSA) is 75.4 Å². The van der Waals surface area contributed by atoms with Gasteiger partial charge in [0, 0.05) is 19.3 Å². The molecule has 0 radical (unpaired) electrons. The van der Waals surface area contributed by atoms with Crippen LogP contribution in [0.1, 0.15) is 28.9 Å². The fourth-order valence-electron chi connectivity index (χ4n) is 2.13. The molecule has 92 valence electrons. The van der Waals surface area contributed by atoms with Gasteiger partial charge in [0.25, 0.3) is 5.91 Å². The Labute approximate surface area is 98.8 Å². The highest BCUT2D eigenvalue weighted by molar-refractivity contribution is 5.97. The number of carbonyl (C=O) groups is 2. The van der Waals surface area contributed by atoms with Crippen LogP contribution in [0.4, 0.5) is 0 Å². The number of carboxylic acids is 1. The predicted octanol–water partition coefficient (Wildman–Crippen LogP) is 0.418. The fourth-order valence-corrected chi connectivity index (χ4v) is 2.13. The zero-order chi connectivity index (χ0) is 12.6. The molecule has 6 heteroatoms. The summed E-state index contributed by atoms with van der Waals surface area (Å²) in [6, 6.07) is -0.692. The van der Waals surface area contributed by atoms with Crippen molar-refractivity contribution in [2.75, 3.05) is 6.54 Å². The van der Waals surface area contributed by atoms with E-state index in [-0.39, 0.29) is 5.91 Å². The quantitative estimate of drug-likeness (QED) is 0.808. The molecule has 1 aliphatic rings. The van der Waals surface area contributed by atoms with Gasteiger partial charge in [-0.15, -0.1) is 0 Å². The number of aryl methyl sites for hydroxylation is 1. The van der Waals surface area contributed by atoms with Crippen molar-refractivity contribution in [3.05, 3.63) is 17.5 Å². The van der Waals surface area contributed by atoms with Crippen molar-refractivity contribution >= 4 is 11.9 Å². The summed E-state index contributed by atoms with van der Waals surface area (Å²) in [5.41, 5.74) is 1.24. The number of carboxylic acid groups (broad SMARTS) is 1. The van der Waals surface area contributed by atoms with Crippen LogP contribution < -0.4 is 0 Å². The number of amides is 1. The Hall–Kier alpha value is -1.85. The third kappa shape index (κ3) is 1.90. The molecule has 0 saturated carbocycles. The Morgan fingerprint density at radius 3 is 2.76 bits per heavy atom. The first kappa shape index (κ1) is 11.6. The number of hydrogen-bond acceptors (Lipinski definition) is 3. The number of aromatic nitrogens is 2. The smallest absolute Gasteiger partial charge is 0.326 e. The molecule has 1 saturated heterocycles. The fraction of sp³-hybridized carbons (Fsp3) is 0.545. The van der Waals surface area contributed by atoms with Gasteiger partial charge < -0.3 is 10.0 Å². The first-order valence-electron chi connectivity index (χ1n) is 5.54. The van der Waals surface area contributed by atoms with Crippen molar-refractivity contribution in [2.45, 2.75) is 25.8 Å². The van der Waals surface area contributed by atoms with E-state index in [2.05, 4.69) is 5.10 Å². The van der Waals surface area contributed by atoms with Crippen LogP contribution in [0.3, 0.4) is 0 Å². The van der Waals surface area contributed by atoms with Crippen LogP contribution in [-0.4, -0.2) is 44.3 Å². The molecule has 0 aromatic carbocycles. The van der Waals surface area contributed by atoms with Gasteiger partial charge in [-0.2, -0.15) is 5.10 Å². The van der Waals surface area contributed by atoms with Gasteiger partial charge in [-0.05, 0) is 19.8 Å². The van der Waals surface area contributed by atoms with Gasteiger partial charge in [0.2, 0.25) is 0 Å². The molecular weight excluding hydrogens is 222 g/mol. The van der Waals surface area contributed by atoms with Crippen LogP contribution in [0.2, 0.25) is 0 Å². The molecule has 1 aromatic rings. The number of rotatable bonds is 2. The Morgan fingerprint density at radius 2 is 2.24 bits per heavy atom. The highest BCUT2D eigenvalue weighted by Crippen LogP contribution is 2.21. The second-order valence-corrected chi connectivity index (χ2v) is 4.26. The SMILES string of the molecule is Cc1c(C(=O)N2CCCC2C(=O)O)cnn1C. The van der Waals surface area contributed by atoms with Gasteiger partial charge in [-0.3, -0.25) is 9.48 Å². The molecule has 1 aliphatic heterocycles. The summed E-state index contributed by atoms with van der Waals surface area (Å²) in [4.78, 5) is 24.7. The maximum absolute atomic E-state index is 12.2. The predicted molar refractivity (Wildman–Crippen MR) is 59.6 cm³/mol. The van der Waals surface area contributed by atoms with Crippen molar-refractivity contribution in [3.8, 4) is 0 Å². The van der Waals surface area contributed by atoms with Gasteiger partial charge in [-0.1, -0.05) is 0 Å². The summed E-state index contributed by atoms with van der Waals surface area (Å²) < 4.78 is 1.61. The molecular formula is C11H15N3O3. The molecule has 0 bridgehead atoms. The van der Waals surface area contributed by atoms with Crippen molar-refractivity contribution in [3.63, 3.8) is 0 Å². The Balaban J connectivity index is 2.26. The van der Waals surface area contributed by atoms with E-state index in [0.717, 1.165) is 12.1 Å². The average molecular weight is 237 g/mol. The summed E-state index contributed by atoms with van der Waals surface area (Å²) in [6.07, 6.45) is 2.76. The van der Waals surface area contributed by atoms with Gasteiger partial charge in [-0.25, -0.2) is 4.79 Å². The lowest BCUT2D eigenvalue weighted by Crippen LogP contribution is -2.40. The molecule has 0 aliphatic carbocycles. The average Bonchev–Trinajstić information content (AvgIpc) is 2.87. The van der Waals surface area contributed by atoms with Gasteiger partial charge in [0.05, 0.1) is 11.8 Å². The molecule has 1 amide bonds. The molecule has 0 spiro atoms. The third-order valence-corrected chi connectivity index (χ3v) is 3.26. The Kier molecular flexibility index (Phi) is 2.87. The maximum Gasteiger partial charge on any atom is 0.326 e. The first-order chi connectivity index (χ1) is 8.02. The largest absolute Gasteiger partial charge is 0.480 e. The summed E-state index contributed by atoms with van der Waals surface area (Å²) in [5.74, 6) is -1.17. The summed E-state index contributed by atoms with van der Waals surface area (Å²) in [6.45, 7) is 2.30. The van der Waals surface area contributed by atoms with Crippen molar-refractivity contribution in [1.29, 1.82) is 0 Å². The Bertz CT molecular complexity index is 467. The van der Waals surface area contributed by atoms with E-state index in [1.807, 2.05) is 0 Å². The molecule has 17 heavy (non-hydrogen) atoms. The lowest BCUT2D eigenvalue weighted by molar-refractivity contribution is -0.141. The van der Waals surface area contributed by atoms with Crippen LogP contribution in [0.5, 0.6) is 0 Å². The van der Waals surface area contributed by atoms with Crippen LogP contribution in [0.25, 0.3) is 0 Å². The summed E-state index contributed by atoms with van der Waals surface area (Å²) in [7, 11) is 1.75. The summed E-state index contributed by atoms with van der Waals surface area (Å²) in [5, 5.41) is 13.0. The lowest BCUT2D eigenvalue weighted by Gasteiger charge is -2.21. The second kappa shape index (κ2) is 4.20. The number of aliphatic carboxylic acids is 1. The lowest BCUT2D eigenvalue weighted by atomic mass is 10.2. The molecule has 1 N–H and O–H groups in total. The van der Waals surface area contributed by atoms with E-state index in [9.17, 15) is 9.59 Å². The molecule has 2 heterocycles. The van der Waals surface area contributed by atoms with E-state index in [4.69, 9.17) is 5.11 Å². The van der Waals surface area contributed by atoms with E-state index >= 15 is 0 Å². The molecule has 1 fully saturated rings. The molecule has 1 unspecified atom stereocenters. The monoisotopic (exact) mass is 237 g/mol. The van der Waals surface area contributed by atoms with Crippen LogP contribution in [-0.2, 0) is 11.8 Å². The molecule has 2 rings (SSSR count). The minimum absolute atomic E-state index is 0.236. The molecule has 1 atom stereocenters. The van der Waals surface area contributed by atoms with E-state index < -0.39 is 12.0 Å². The maximum atomic E-state index is 12.2. The van der Waals surface area contributed by atoms with Gasteiger partial charge in [0.15, 0.2) is 0 Å². The first-order valence-corrected chi connectivity index (χ1v) is 5.54. The van der Waals surface area contributed by atoms with Crippen LogP contribution in [0, 0.1) is 6.92 Å². The number of carbonyl (C=O) groups excluding carboxylic acids is 1. The standard InChI is InChI=1S/C11H15N3O3/c1-7-8(6-12-13(7)2)10(15)14-5-3-4-9(14)11(16)17/h6,9H,3-5H2,1-2H3,(H,16,17). The minimum atomic E-state index is -0.933. The highest BCUT2D eigenvalue weighted by Gasteiger charge is 2.35.